The molecule has 1 aliphatic heterocycles. The largest absolute Gasteiger partial charge is 0.484 e. The van der Waals surface area contributed by atoms with E-state index in [2.05, 4.69) is 5.32 Å². The number of nitrogens with one attached hydrogen (secondary N) is 1. The van der Waals surface area contributed by atoms with Gasteiger partial charge in [-0.1, -0.05) is 0 Å². The lowest BCUT2D eigenvalue weighted by Gasteiger charge is -2.13. The molecule has 0 saturated heterocycles. The number of Topliss-reactive ketones (excluding diaryl/α,β-unsaturated/α-hetero) is 1. The maximum atomic E-state index is 12.4. The minimum atomic E-state index is -3.23. The number of sulfone groups is 1. The van der Waals surface area contributed by atoms with Crippen LogP contribution in [0.3, 0.4) is 0 Å². The summed E-state index contributed by atoms with van der Waals surface area (Å²) in [6.45, 7) is 2.97. The number of benzene rings is 1. The maximum Gasteiger partial charge on any atom is 0.341 e. The van der Waals surface area contributed by atoms with Gasteiger partial charge in [0.15, 0.2) is 22.2 Å². The Labute approximate surface area is 178 Å². The fraction of sp³-hybridized carbons (Fsp3) is 0.350. The van der Waals surface area contributed by atoms with Gasteiger partial charge in [-0.15, -0.1) is 11.3 Å². The van der Waals surface area contributed by atoms with E-state index in [1.807, 2.05) is 0 Å². The molecule has 160 valence electrons. The van der Waals surface area contributed by atoms with E-state index < -0.39 is 21.7 Å². The third kappa shape index (κ3) is 5.06. The first-order valence-electron chi connectivity index (χ1n) is 9.26. The fourth-order valence-electron chi connectivity index (χ4n) is 3.03. The van der Waals surface area contributed by atoms with Crippen LogP contribution in [0.2, 0.25) is 0 Å². The number of rotatable bonds is 7. The van der Waals surface area contributed by atoms with Gasteiger partial charge in [0, 0.05) is 10.4 Å². The first kappa shape index (κ1) is 22.0. The van der Waals surface area contributed by atoms with Crippen LogP contribution in [0.25, 0.3) is 0 Å². The lowest BCUT2D eigenvalue weighted by Crippen LogP contribution is -2.22. The minimum absolute atomic E-state index is 0.0457. The van der Waals surface area contributed by atoms with Crippen LogP contribution in [0, 0.1) is 0 Å². The standard InChI is InChI=1S/C20H21NO7S2/c1-3-27-20(24)18-15-8-9-30(25,26)11-16(15)29-19(18)21-17(23)10-28-14-6-4-13(5-7-14)12(2)22/h4-7H,3,8-11H2,1-2H3,(H,21,23). The summed E-state index contributed by atoms with van der Waals surface area (Å²) in [5.74, 6) is -0.959. The quantitative estimate of drug-likeness (QED) is 0.508. The summed E-state index contributed by atoms with van der Waals surface area (Å²) >= 11 is 1.07. The third-order valence-corrected chi connectivity index (χ3v) is 7.35. The van der Waals surface area contributed by atoms with Gasteiger partial charge < -0.3 is 14.8 Å². The monoisotopic (exact) mass is 451 g/mol. The van der Waals surface area contributed by atoms with Crippen LogP contribution in [0.15, 0.2) is 24.3 Å². The SMILES string of the molecule is CCOC(=O)c1c(NC(=O)COc2ccc(C(C)=O)cc2)sc2c1CCS(=O)(=O)C2. The third-order valence-electron chi connectivity index (χ3n) is 4.47. The van der Waals surface area contributed by atoms with Gasteiger partial charge >= 0.3 is 5.97 Å². The number of ether oxygens (including phenoxy) is 2. The highest BCUT2D eigenvalue weighted by Crippen LogP contribution is 2.38. The molecule has 1 amide bonds. The fourth-order valence-corrected chi connectivity index (χ4v) is 6.08. The number of carbonyl (C=O) groups excluding carboxylic acids is 3. The Kier molecular flexibility index (Phi) is 6.57. The summed E-state index contributed by atoms with van der Waals surface area (Å²) < 4.78 is 34.4. The summed E-state index contributed by atoms with van der Waals surface area (Å²) in [5.41, 5.74) is 1.36. The Morgan fingerprint density at radius 3 is 2.50 bits per heavy atom. The molecule has 0 unspecified atom stereocenters. The van der Waals surface area contributed by atoms with Crippen molar-refractivity contribution in [2.75, 3.05) is 24.3 Å². The normalized spacial score (nSPS) is 14.5. The van der Waals surface area contributed by atoms with E-state index in [0.29, 0.717) is 21.8 Å². The Morgan fingerprint density at radius 2 is 1.87 bits per heavy atom. The van der Waals surface area contributed by atoms with Crippen LogP contribution < -0.4 is 10.1 Å². The predicted molar refractivity (Wildman–Crippen MR) is 112 cm³/mol. The maximum absolute atomic E-state index is 12.4. The molecule has 8 nitrogen and oxygen atoms in total. The molecule has 0 fully saturated rings. The molecule has 2 heterocycles. The van der Waals surface area contributed by atoms with Crippen LogP contribution in [-0.2, 0) is 31.5 Å². The van der Waals surface area contributed by atoms with Crippen LogP contribution in [0.1, 0.15) is 45.0 Å². The number of hydrogen-bond donors (Lipinski definition) is 1. The molecule has 0 aliphatic carbocycles. The molecule has 10 heteroatoms. The average Bonchev–Trinajstić information content (AvgIpc) is 3.02. The molecular formula is C20H21NO7S2. The lowest BCUT2D eigenvalue weighted by atomic mass is 10.1. The molecule has 1 N–H and O–H groups in total. The van der Waals surface area contributed by atoms with Crippen molar-refractivity contribution in [1.29, 1.82) is 0 Å². The van der Waals surface area contributed by atoms with E-state index in [4.69, 9.17) is 9.47 Å². The smallest absolute Gasteiger partial charge is 0.341 e. The lowest BCUT2D eigenvalue weighted by molar-refractivity contribution is -0.118. The highest BCUT2D eigenvalue weighted by atomic mass is 32.2. The van der Waals surface area contributed by atoms with Crippen LogP contribution in [0.4, 0.5) is 5.00 Å². The number of thiophene rings is 1. The topological polar surface area (TPSA) is 116 Å². The van der Waals surface area contributed by atoms with Gasteiger partial charge in [-0.25, -0.2) is 13.2 Å². The second-order valence-electron chi connectivity index (χ2n) is 6.69. The first-order chi connectivity index (χ1) is 14.2. The Morgan fingerprint density at radius 1 is 1.17 bits per heavy atom. The van der Waals surface area contributed by atoms with E-state index in [-0.39, 0.29) is 47.5 Å². The van der Waals surface area contributed by atoms with Crippen LogP contribution in [-0.4, -0.2) is 45.0 Å². The second kappa shape index (κ2) is 8.97. The molecule has 1 aromatic carbocycles. The van der Waals surface area contributed by atoms with Crippen molar-refractivity contribution in [3.63, 3.8) is 0 Å². The van der Waals surface area contributed by atoms with E-state index in [0.717, 1.165) is 11.3 Å². The number of carbonyl (C=O) groups is 3. The molecule has 3 rings (SSSR count). The number of esters is 1. The van der Waals surface area contributed by atoms with Crippen molar-refractivity contribution in [2.24, 2.45) is 0 Å². The average molecular weight is 452 g/mol. The molecular weight excluding hydrogens is 430 g/mol. The van der Waals surface area contributed by atoms with Crippen molar-refractivity contribution < 1.29 is 32.3 Å². The summed E-state index contributed by atoms with van der Waals surface area (Å²) in [6, 6.07) is 6.37. The van der Waals surface area contributed by atoms with Crippen molar-refractivity contribution in [3.8, 4) is 5.75 Å². The van der Waals surface area contributed by atoms with E-state index >= 15 is 0 Å². The molecule has 1 aromatic heterocycles. The van der Waals surface area contributed by atoms with Crippen molar-refractivity contribution >= 4 is 43.8 Å². The van der Waals surface area contributed by atoms with Crippen molar-refractivity contribution in [3.05, 3.63) is 45.8 Å². The van der Waals surface area contributed by atoms with Crippen LogP contribution in [0.5, 0.6) is 5.75 Å². The van der Waals surface area contributed by atoms with Crippen LogP contribution >= 0.6 is 11.3 Å². The van der Waals surface area contributed by atoms with Gasteiger partial charge in [0.1, 0.15) is 10.8 Å². The highest BCUT2D eigenvalue weighted by molar-refractivity contribution is 7.90. The zero-order chi connectivity index (χ0) is 21.9. The Hall–Kier alpha value is -2.72. The summed E-state index contributed by atoms with van der Waals surface area (Å²) in [6.07, 6.45) is 0.206. The molecule has 30 heavy (non-hydrogen) atoms. The Bertz CT molecular complexity index is 1090. The molecule has 1 aliphatic rings. The van der Waals surface area contributed by atoms with Gasteiger partial charge in [0.25, 0.3) is 5.91 Å². The van der Waals surface area contributed by atoms with Gasteiger partial charge in [0.05, 0.1) is 23.7 Å². The van der Waals surface area contributed by atoms with Gasteiger partial charge in [0.2, 0.25) is 0 Å². The van der Waals surface area contributed by atoms with Gasteiger partial charge in [-0.3, -0.25) is 9.59 Å². The second-order valence-corrected chi connectivity index (χ2v) is 9.98. The highest BCUT2D eigenvalue weighted by Gasteiger charge is 2.32. The summed E-state index contributed by atoms with van der Waals surface area (Å²) in [7, 11) is -3.23. The van der Waals surface area contributed by atoms with Crippen molar-refractivity contribution in [2.45, 2.75) is 26.0 Å². The molecule has 0 bridgehead atoms. The van der Waals surface area contributed by atoms with E-state index in [9.17, 15) is 22.8 Å². The van der Waals surface area contributed by atoms with E-state index in [1.54, 1.807) is 31.2 Å². The van der Waals surface area contributed by atoms with E-state index in [1.165, 1.54) is 6.92 Å². The number of fused-ring (bicyclic) bond motifs is 1. The molecule has 2 aromatic rings. The molecule has 0 spiro atoms. The van der Waals surface area contributed by atoms with Crippen molar-refractivity contribution in [1.82, 2.24) is 0 Å². The molecule has 0 saturated carbocycles. The van der Waals surface area contributed by atoms with Gasteiger partial charge in [-0.2, -0.15) is 0 Å². The number of hydrogen-bond acceptors (Lipinski definition) is 8. The molecule has 0 atom stereocenters. The Balaban J connectivity index is 1.74. The number of anilines is 1. The number of amides is 1. The number of ketones is 1. The first-order valence-corrected chi connectivity index (χ1v) is 11.9. The minimum Gasteiger partial charge on any atom is -0.484 e. The predicted octanol–water partition coefficient (Wildman–Crippen LogP) is 2.62. The summed E-state index contributed by atoms with van der Waals surface area (Å²) in [4.78, 5) is 36.7. The summed E-state index contributed by atoms with van der Waals surface area (Å²) in [5, 5.41) is 2.90. The zero-order valence-corrected chi connectivity index (χ0v) is 18.2. The van der Waals surface area contributed by atoms with Gasteiger partial charge in [-0.05, 0) is 50.1 Å². The zero-order valence-electron chi connectivity index (χ0n) is 16.5. The molecule has 0 radical (unpaired) electrons.